The summed E-state index contributed by atoms with van der Waals surface area (Å²) in [6, 6.07) is 18.1. The molecule has 0 spiro atoms. The Balaban J connectivity index is 1.60. The lowest BCUT2D eigenvalue weighted by Gasteiger charge is -2.06. The van der Waals surface area contributed by atoms with Crippen LogP contribution in [0.3, 0.4) is 0 Å². The number of rotatable bonds is 5. The molecule has 0 aliphatic carbocycles. The summed E-state index contributed by atoms with van der Waals surface area (Å²) < 4.78 is 0. The van der Waals surface area contributed by atoms with Crippen LogP contribution < -0.4 is 5.32 Å². The number of nitrogens with zero attached hydrogens (tertiary/aromatic N) is 2. The third-order valence-electron chi connectivity index (χ3n) is 3.30. The van der Waals surface area contributed by atoms with Gasteiger partial charge >= 0.3 is 0 Å². The van der Waals surface area contributed by atoms with Gasteiger partial charge in [-0.2, -0.15) is 0 Å². The van der Waals surface area contributed by atoms with Crippen LogP contribution in [0.1, 0.15) is 11.4 Å². The Morgan fingerprint density at radius 3 is 2.52 bits per heavy atom. The fourth-order valence-electron chi connectivity index (χ4n) is 2.22. The van der Waals surface area contributed by atoms with Gasteiger partial charge in [0.2, 0.25) is 0 Å². The lowest BCUT2D eigenvalue weighted by molar-refractivity contribution is 0.672. The number of hydrogen-bond acceptors (Lipinski definition) is 3. The van der Waals surface area contributed by atoms with Crippen molar-refractivity contribution in [2.75, 3.05) is 6.54 Å². The normalized spacial score (nSPS) is 10.9. The summed E-state index contributed by atoms with van der Waals surface area (Å²) in [4.78, 5) is 8.91. The molecule has 2 aromatic carbocycles. The van der Waals surface area contributed by atoms with Crippen LogP contribution in [0.5, 0.6) is 0 Å². The summed E-state index contributed by atoms with van der Waals surface area (Å²) in [5, 5.41) is 4.82. The molecule has 4 heteroatoms. The number of hydrogen-bond donors (Lipinski definition) is 1. The predicted molar refractivity (Wildman–Crippen MR) is 86.4 cm³/mol. The van der Waals surface area contributed by atoms with Gasteiger partial charge in [0, 0.05) is 24.9 Å². The van der Waals surface area contributed by atoms with E-state index in [1.807, 2.05) is 42.5 Å². The molecule has 0 bridgehead atoms. The van der Waals surface area contributed by atoms with Gasteiger partial charge in [-0.05, 0) is 17.7 Å². The van der Waals surface area contributed by atoms with Crippen molar-refractivity contribution in [2.24, 2.45) is 0 Å². The Morgan fingerprint density at radius 2 is 1.67 bits per heavy atom. The van der Waals surface area contributed by atoms with Crippen LogP contribution in [0.25, 0.3) is 10.9 Å². The number of halogens is 1. The first kappa shape index (κ1) is 14.0. The van der Waals surface area contributed by atoms with E-state index in [4.69, 9.17) is 11.6 Å². The molecule has 0 radical (unpaired) electrons. The fraction of sp³-hybridized carbons (Fsp3) is 0.176. The zero-order valence-corrected chi connectivity index (χ0v) is 12.3. The second-order valence-electron chi connectivity index (χ2n) is 4.86. The fourth-order valence-corrected chi connectivity index (χ4v) is 2.48. The Labute approximate surface area is 129 Å². The second-order valence-corrected chi connectivity index (χ2v) is 5.22. The molecule has 106 valence electrons. The SMILES string of the molecule is Clc1nc(CCNCc2ccccc2)nc2ccccc12. The molecule has 3 rings (SSSR count). The van der Waals surface area contributed by atoms with Crippen molar-refractivity contribution in [3.05, 3.63) is 71.1 Å². The molecule has 1 N–H and O–H groups in total. The lowest BCUT2D eigenvalue weighted by atomic mass is 10.2. The lowest BCUT2D eigenvalue weighted by Crippen LogP contribution is -2.17. The number of fused-ring (bicyclic) bond motifs is 1. The monoisotopic (exact) mass is 297 g/mol. The van der Waals surface area contributed by atoms with E-state index in [1.165, 1.54) is 5.56 Å². The van der Waals surface area contributed by atoms with Gasteiger partial charge in [0.15, 0.2) is 0 Å². The summed E-state index contributed by atoms with van der Waals surface area (Å²) in [7, 11) is 0. The van der Waals surface area contributed by atoms with Gasteiger partial charge in [0.25, 0.3) is 0 Å². The molecule has 0 saturated carbocycles. The average molecular weight is 298 g/mol. The minimum absolute atomic E-state index is 0.527. The Bertz CT molecular complexity index is 728. The van der Waals surface area contributed by atoms with E-state index < -0.39 is 0 Å². The Kier molecular flexibility index (Phi) is 4.43. The first-order valence-electron chi connectivity index (χ1n) is 6.99. The number of nitrogens with one attached hydrogen (secondary N) is 1. The van der Waals surface area contributed by atoms with Gasteiger partial charge < -0.3 is 5.32 Å². The summed E-state index contributed by atoms with van der Waals surface area (Å²) in [5.74, 6) is 0.777. The molecule has 21 heavy (non-hydrogen) atoms. The van der Waals surface area contributed by atoms with Crippen LogP contribution >= 0.6 is 11.6 Å². The van der Waals surface area contributed by atoms with E-state index in [0.29, 0.717) is 5.15 Å². The van der Waals surface area contributed by atoms with Gasteiger partial charge in [-0.1, -0.05) is 54.1 Å². The highest BCUT2D eigenvalue weighted by atomic mass is 35.5. The molecule has 0 aliphatic heterocycles. The highest BCUT2D eigenvalue weighted by molar-refractivity contribution is 6.34. The molecule has 0 fully saturated rings. The number of benzene rings is 2. The molecule has 1 heterocycles. The molecule has 1 aromatic heterocycles. The minimum atomic E-state index is 0.527. The molecule has 3 nitrogen and oxygen atoms in total. The van der Waals surface area contributed by atoms with Gasteiger partial charge in [-0.15, -0.1) is 0 Å². The summed E-state index contributed by atoms with van der Waals surface area (Å²) >= 11 is 6.20. The van der Waals surface area contributed by atoms with Crippen LogP contribution in [0, 0.1) is 0 Å². The Hall–Kier alpha value is -1.97. The third-order valence-corrected chi connectivity index (χ3v) is 3.59. The largest absolute Gasteiger partial charge is 0.312 e. The maximum Gasteiger partial charge on any atom is 0.140 e. The average Bonchev–Trinajstić information content (AvgIpc) is 2.53. The molecule has 0 aliphatic rings. The van der Waals surface area contributed by atoms with E-state index in [0.717, 1.165) is 36.2 Å². The summed E-state index contributed by atoms with van der Waals surface area (Å²) in [5.41, 5.74) is 2.17. The van der Waals surface area contributed by atoms with Gasteiger partial charge in [0.1, 0.15) is 11.0 Å². The maximum atomic E-state index is 6.20. The predicted octanol–water partition coefficient (Wildman–Crippen LogP) is 3.62. The second kappa shape index (κ2) is 6.66. The molecule has 0 atom stereocenters. The third kappa shape index (κ3) is 3.57. The molecule has 0 saturated heterocycles. The zero-order valence-electron chi connectivity index (χ0n) is 11.6. The standard InChI is InChI=1S/C17H16ClN3/c18-17-14-8-4-5-9-15(14)20-16(21-17)10-11-19-12-13-6-2-1-3-7-13/h1-9,19H,10-12H2. The van der Waals surface area contributed by atoms with Crippen molar-refractivity contribution in [2.45, 2.75) is 13.0 Å². The van der Waals surface area contributed by atoms with Crippen molar-refractivity contribution >= 4 is 22.5 Å². The first-order chi connectivity index (χ1) is 10.3. The number of aromatic nitrogens is 2. The minimum Gasteiger partial charge on any atom is -0.312 e. The Morgan fingerprint density at radius 1 is 0.905 bits per heavy atom. The zero-order chi connectivity index (χ0) is 14.5. The highest BCUT2D eigenvalue weighted by Crippen LogP contribution is 2.19. The maximum absolute atomic E-state index is 6.20. The van der Waals surface area contributed by atoms with E-state index in [-0.39, 0.29) is 0 Å². The smallest absolute Gasteiger partial charge is 0.140 e. The van der Waals surface area contributed by atoms with Gasteiger partial charge in [-0.3, -0.25) is 0 Å². The van der Waals surface area contributed by atoms with Crippen molar-refractivity contribution in [3.8, 4) is 0 Å². The van der Waals surface area contributed by atoms with E-state index in [2.05, 4.69) is 27.4 Å². The highest BCUT2D eigenvalue weighted by Gasteiger charge is 2.05. The van der Waals surface area contributed by atoms with Crippen molar-refractivity contribution in [1.29, 1.82) is 0 Å². The van der Waals surface area contributed by atoms with Crippen molar-refractivity contribution in [1.82, 2.24) is 15.3 Å². The number of para-hydroxylation sites is 1. The molecular formula is C17H16ClN3. The van der Waals surface area contributed by atoms with Crippen molar-refractivity contribution in [3.63, 3.8) is 0 Å². The van der Waals surface area contributed by atoms with Gasteiger partial charge in [-0.25, -0.2) is 9.97 Å². The van der Waals surface area contributed by atoms with E-state index in [9.17, 15) is 0 Å². The van der Waals surface area contributed by atoms with E-state index >= 15 is 0 Å². The van der Waals surface area contributed by atoms with Crippen LogP contribution in [0.2, 0.25) is 5.15 Å². The first-order valence-corrected chi connectivity index (χ1v) is 7.36. The van der Waals surface area contributed by atoms with E-state index in [1.54, 1.807) is 0 Å². The quantitative estimate of drug-likeness (QED) is 0.577. The molecule has 0 unspecified atom stereocenters. The van der Waals surface area contributed by atoms with Crippen LogP contribution in [-0.4, -0.2) is 16.5 Å². The van der Waals surface area contributed by atoms with Crippen LogP contribution in [-0.2, 0) is 13.0 Å². The molecule has 3 aromatic rings. The van der Waals surface area contributed by atoms with Crippen molar-refractivity contribution < 1.29 is 0 Å². The van der Waals surface area contributed by atoms with Crippen LogP contribution in [0.4, 0.5) is 0 Å². The summed E-state index contributed by atoms with van der Waals surface area (Å²) in [6.07, 6.45) is 0.761. The summed E-state index contributed by atoms with van der Waals surface area (Å²) in [6.45, 7) is 1.67. The van der Waals surface area contributed by atoms with Crippen LogP contribution in [0.15, 0.2) is 54.6 Å². The van der Waals surface area contributed by atoms with Gasteiger partial charge in [0.05, 0.1) is 5.52 Å². The topological polar surface area (TPSA) is 37.8 Å². The molecular weight excluding hydrogens is 282 g/mol. The molecule has 0 amide bonds.